The van der Waals surface area contributed by atoms with E-state index in [0.717, 1.165) is 37.9 Å². The van der Waals surface area contributed by atoms with Gasteiger partial charge in [0, 0.05) is 31.3 Å². The summed E-state index contributed by atoms with van der Waals surface area (Å²) in [4.78, 5) is 28.2. The van der Waals surface area contributed by atoms with Crippen LogP contribution in [0.5, 0.6) is 0 Å². The van der Waals surface area contributed by atoms with Gasteiger partial charge in [-0.05, 0) is 51.1 Å². The van der Waals surface area contributed by atoms with Gasteiger partial charge in [-0.1, -0.05) is 30.3 Å². The molecule has 154 valence electrons. The predicted octanol–water partition coefficient (Wildman–Crippen LogP) is 3.62. The standard InChI is InChI=1S/C22H28N4O3/c1-24(2)16-19(17-9-5-3-6-10-17)23-22(27)18-11-12-20(21(15-18)26(28)29)25-13-7-4-8-14-25/h3,5-6,9-12,15,19H,4,7-8,13-14,16H2,1-2H3,(H,23,27)/t19-/m1/s1. The van der Waals surface area contributed by atoms with Gasteiger partial charge in [-0.3, -0.25) is 14.9 Å². The van der Waals surface area contributed by atoms with Gasteiger partial charge in [0.1, 0.15) is 5.69 Å². The number of nitro benzene ring substituents is 1. The average molecular weight is 396 g/mol. The van der Waals surface area contributed by atoms with Gasteiger partial charge in [0.15, 0.2) is 0 Å². The lowest BCUT2D eigenvalue weighted by molar-refractivity contribution is -0.384. The average Bonchev–Trinajstić information content (AvgIpc) is 2.73. The second kappa shape index (κ2) is 9.52. The van der Waals surface area contributed by atoms with Crippen LogP contribution in [0.2, 0.25) is 0 Å². The Kier molecular flexibility index (Phi) is 6.82. The molecule has 0 radical (unpaired) electrons. The Morgan fingerprint density at radius 3 is 2.45 bits per heavy atom. The zero-order valence-electron chi connectivity index (χ0n) is 17.0. The molecule has 1 aliphatic heterocycles. The van der Waals surface area contributed by atoms with E-state index in [1.54, 1.807) is 12.1 Å². The quantitative estimate of drug-likeness (QED) is 0.571. The Bertz CT molecular complexity index is 848. The summed E-state index contributed by atoms with van der Waals surface area (Å²) in [7, 11) is 3.89. The zero-order valence-corrected chi connectivity index (χ0v) is 17.0. The van der Waals surface area contributed by atoms with E-state index >= 15 is 0 Å². The van der Waals surface area contributed by atoms with Gasteiger partial charge in [-0.2, -0.15) is 0 Å². The minimum absolute atomic E-state index is 0.0107. The van der Waals surface area contributed by atoms with Crippen LogP contribution in [0.1, 0.15) is 41.2 Å². The fraction of sp³-hybridized carbons (Fsp3) is 0.409. The maximum absolute atomic E-state index is 12.9. The van der Waals surface area contributed by atoms with E-state index in [1.807, 2.05) is 54.2 Å². The molecule has 7 heteroatoms. The summed E-state index contributed by atoms with van der Waals surface area (Å²) in [6.45, 7) is 2.25. The molecule has 1 amide bonds. The Balaban J connectivity index is 1.83. The minimum Gasteiger partial charge on any atom is -0.366 e. The molecule has 1 fully saturated rings. The number of anilines is 1. The summed E-state index contributed by atoms with van der Waals surface area (Å²) >= 11 is 0. The molecule has 29 heavy (non-hydrogen) atoms. The van der Waals surface area contributed by atoms with E-state index in [-0.39, 0.29) is 17.6 Å². The number of nitrogens with one attached hydrogen (secondary N) is 1. The Labute approximate surface area is 171 Å². The highest BCUT2D eigenvalue weighted by Gasteiger charge is 2.24. The van der Waals surface area contributed by atoms with E-state index in [2.05, 4.69) is 5.32 Å². The van der Waals surface area contributed by atoms with Crippen LogP contribution >= 0.6 is 0 Å². The Morgan fingerprint density at radius 1 is 1.14 bits per heavy atom. The maximum atomic E-state index is 12.9. The third kappa shape index (κ3) is 5.32. The molecule has 1 aliphatic rings. The molecule has 1 saturated heterocycles. The number of piperidine rings is 1. The van der Waals surface area contributed by atoms with Crippen LogP contribution in [0.3, 0.4) is 0 Å². The van der Waals surface area contributed by atoms with Crippen molar-refractivity contribution in [2.45, 2.75) is 25.3 Å². The molecular weight excluding hydrogens is 368 g/mol. The highest BCUT2D eigenvalue weighted by molar-refractivity contribution is 5.96. The molecule has 1 heterocycles. The summed E-state index contributed by atoms with van der Waals surface area (Å²) in [6, 6.07) is 14.3. The minimum atomic E-state index is -0.394. The van der Waals surface area contributed by atoms with Crippen LogP contribution in [0.15, 0.2) is 48.5 Å². The van der Waals surface area contributed by atoms with E-state index < -0.39 is 4.92 Å². The van der Waals surface area contributed by atoms with Crippen LogP contribution in [0.25, 0.3) is 0 Å². The van der Waals surface area contributed by atoms with E-state index in [0.29, 0.717) is 17.8 Å². The van der Waals surface area contributed by atoms with Gasteiger partial charge in [0.25, 0.3) is 11.6 Å². The molecule has 1 atom stereocenters. The van der Waals surface area contributed by atoms with Crippen molar-refractivity contribution < 1.29 is 9.72 Å². The van der Waals surface area contributed by atoms with Crippen molar-refractivity contribution in [2.24, 2.45) is 0 Å². The summed E-state index contributed by atoms with van der Waals surface area (Å²) in [5.74, 6) is -0.311. The highest BCUT2D eigenvalue weighted by Crippen LogP contribution is 2.31. The number of carbonyl (C=O) groups excluding carboxylic acids is 1. The number of amides is 1. The van der Waals surface area contributed by atoms with Crippen LogP contribution in [-0.2, 0) is 0 Å². The molecule has 7 nitrogen and oxygen atoms in total. The topological polar surface area (TPSA) is 78.7 Å². The number of carbonyl (C=O) groups is 1. The number of likely N-dealkylation sites (N-methyl/N-ethyl adjacent to an activating group) is 1. The number of nitrogens with zero attached hydrogens (tertiary/aromatic N) is 3. The fourth-order valence-corrected chi connectivity index (χ4v) is 3.74. The van der Waals surface area contributed by atoms with Gasteiger partial charge in [-0.25, -0.2) is 0 Å². The lowest BCUT2D eigenvalue weighted by Gasteiger charge is -2.28. The van der Waals surface area contributed by atoms with Crippen molar-refractivity contribution in [3.8, 4) is 0 Å². The molecule has 0 aliphatic carbocycles. The molecule has 1 N–H and O–H groups in total. The summed E-state index contributed by atoms with van der Waals surface area (Å²) in [6.07, 6.45) is 3.21. The lowest BCUT2D eigenvalue weighted by Crippen LogP contribution is -2.35. The first-order valence-corrected chi connectivity index (χ1v) is 9.99. The smallest absolute Gasteiger partial charge is 0.293 e. The molecule has 0 unspecified atom stereocenters. The molecular formula is C22H28N4O3. The second-order valence-electron chi connectivity index (χ2n) is 7.71. The summed E-state index contributed by atoms with van der Waals surface area (Å²) < 4.78 is 0. The van der Waals surface area contributed by atoms with E-state index in [1.165, 1.54) is 6.07 Å². The number of rotatable bonds is 7. The number of nitro groups is 1. The SMILES string of the molecule is CN(C)C[C@@H](NC(=O)c1ccc(N2CCCCC2)c([N+](=O)[O-])c1)c1ccccc1. The first-order valence-electron chi connectivity index (χ1n) is 9.99. The van der Waals surface area contributed by atoms with Crippen LogP contribution in [0, 0.1) is 10.1 Å². The van der Waals surface area contributed by atoms with Crippen molar-refractivity contribution in [1.29, 1.82) is 0 Å². The number of hydrogen-bond acceptors (Lipinski definition) is 5. The van der Waals surface area contributed by atoms with Gasteiger partial charge in [0.05, 0.1) is 11.0 Å². The van der Waals surface area contributed by atoms with E-state index in [4.69, 9.17) is 0 Å². The summed E-state index contributed by atoms with van der Waals surface area (Å²) in [5.41, 5.74) is 1.88. The molecule has 0 bridgehead atoms. The third-order valence-corrected chi connectivity index (χ3v) is 5.19. The normalized spacial score (nSPS) is 15.2. The van der Waals surface area contributed by atoms with Crippen molar-refractivity contribution in [2.75, 3.05) is 38.6 Å². The van der Waals surface area contributed by atoms with Crippen molar-refractivity contribution in [3.63, 3.8) is 0 Å². The van der Waals surface area contributed by atoms with Crippen molar-refractivity contribution in [3.05, 3.63) is 69.8 Å². The van der Waals surface area contributed by atoms with Gasteiger partial charge < -0.3 is 15.1 Å². The number of benzene rings is 2. The molecule has 0 saturated carbocycles. The van der Waals surface area contributed by atoms with Gasteiger partial charge >= 0.3 is 0 Å². The van der Waals surface area contributed by atoms with Gasteiger partial charge in [0.2, 0.25) is 0 Å². The number of hydrogen-bond donors (Lipinski definition) is 1. The van der Waals surface area contributed by atoms with E-state index in [9.17, 15) is 14.9 Å². The fourth-order valence-electron chi connectivity index (χ4n) is 3.74. The largest absolute Gasteiger partial charge is 0.366 e. The molecule has 2 aromatic rings. The second-order valence-corrected chi connectivity index (χ2v) is 7.71. The molecule has 2 aromatic carbocycles. The molecule has 0 spiro atoms. The third-order valence-electron chi connectivity index (χ3n) is 5.19. The highest BCUT2D eigenvalue weighted by atomic mass is 16.6. The Hall–Kier alpha value is -2.93. The zero-order chi connectivity index (χ0) is 20.8. The molecule has 0 aromatic heterocycles. The monoisotopic (exact) mass is 396 g/mol. The first-order chi connectivity index (χ1) is 14.0. The van der Waals surface area contributed by atoms with Crippen LogP contribution in [0.4, 0.5) is 11.4 Å². The van der Waals surface area contributed by atoms with Crippen LogP contribution < -0.4 is 10.2 Å². The lowest BCUT2D eigenvalue weighted by atomic mass is 10.0. The maximum Gasteiger partial charge on any atom is 0.293 e. The van der Waals surface area contributed by atoms with Gasteiger partial charge in [-0.15, -0.1) is 0 Å². The first kappa shape index (κ1) is 20.8. The summed E-state index contributed by atoms with van der Waals surface area (Å²) in [5, 5.41) is 14.7. The van der Waals surface area contributed by atoms with Crippen LogP contribution in [-0.4, -0.2) is 49.5 Å². The molecule has 3 rings (SSSR count). The van der Waals surface area contributed by atoms with Crippen molar-refractivity contribution >= 4 is 17.3 Å². The predicted molar refractivity (Wildman–Crippen MR) is 114 cm³/mol. The van der Waals surface area contributed by atoms with Crippen molar-refractivity contribution in [1.82, 2.24) is 10.2 Å². The Morgan fingerprint density at radius 2 is 1.83 bits per heavy atom.